The Balaban J connectivity index is 1.75. The van der Waals surface area contributed by atoms with Crippen LogP contribution in [-0.4, -0.2) is 41.6 Å². The van der Waals surface area contributed by atoms with Crippen LogP contribution in [0.3, 0.4) is 0 Å². The molecule has 1 aromatic rings. The van der Waals surface area contributed by atoms with Crippen molar-refractivity contribution < 1.29 is 4.79 Å². The number of nitrogens with one attached hydrogen (secondary N) is 1. The van der Waals surface area contributed by atoms with E-state index < -0.39 is 0 Å². The SMILES string of the molecule is O=C(c1cccn1C1CCNCC1)N1CCCCCC1. The molecular weight excluding hydrogens is 250 g/mol. The predicted molar refractivity (Wildman–Crippen MR) is 79.9 cm³/mol. The summed E-state index contributed by atoms with van der Waals surface area (Å²) in [5, 5.41) is 3.39. The van der Waals surface area contributed by atoms with Crippen LogP contribution in [-0.2, 0) is 0 Å². The lowest BCUT2D eigenvalue weighted by molar-refractivity contribution is 0.0747. The quantitative estimate of drug-likeness (QED) is 0.900. The molecule has 1 N–H and O–H groups in total. The number of aromatic nitrogens is 1. The minimum absolute atomic E-state index is 0.232. The molecule has 0 aliphatic carbocycles. The van der Waals surface area contributed by atoms with Gasteiger partial charge in [0.05, 0.1) is 0 Å². The van der Waals surface area contributed by atoms with E-state index in [-0.39, 0.29) is 5.91 Å². The lowest BCUT2D eigenvalue weighted by atomic mass is 10.1. The molecule has 0 bridgehead atoms. The maximum absolute atomic E-state index is 12.8. The number of amides is 1. The Hall–Kier alpha value is -1.29. The van der Waals surface area contributed by atoms with E-state index in [1.165, 1.54) is 12.8 Å². The van der Waals surface area contributed by atoms with Gasteiger partial charge in [0.15, 0.2) is 0 Å². The van der Waals surface area contributed by atoms with Crippen molar-refractivity contribution in [3.05, 3.63) is 24.0 Å². The van der Waals surface area contributed by atoms with Crippen molar-refractivity contribution in [3.63, 3.8) is 0 Å². The molecule has 0 atom stereocenters. The van der Waals surface area contributed by atoms with Gasteiger partial charge in [0.2, 0.25) is 0 Å². The third kappa shape index (κ3) is 2.90. The summed E-state index contributed by atoms with van der Waals surface area (Å²) < 4.78 is 2.22. The number of nitrogens with zero attached hydrogens (tertiary/aromatic N) is 2. The van der Waals surface area contributed by atoms with Crippen LogP contribution >= 0.6 is 0 Å². The molecule has 0 aromatic carbocycles. The van der Waals surface area contributed by atoms with Crippen molar-refractivity contribution in [2.45, 2.75) is 44.6 Å². The van der Waals surface area contributed by atoms with E-state index in [4.69, 9.17) is 0 Å². The number of hydrogen-bond donors (Lipinski definition) is 1. The molecule has 1 amide bonds. The van der Waals surface area contributed by atoms with Gasteiger partial charge in [0, 0.05) is 25.3 Å². The highest BCUT2D eigenvalue weighted by Crippen LogP contribution is 2.23. The molecule has 3 heterocycles. The summed E-state index contributed by atoms with van der Waals surface area (Å²) in [6, 6.07) is 4.50. The molecule has 3 rings (SSSR count). The number of carbonyl (C=O) groups is 1. The van der Waals surface area contributed by atoms with Gasteiger partial charge >= 0.3 is 0 Å². The van der Waals surface area contributed by atoms with Crippen LogP contribution < -0.4 is 5.32 Å². The lowest BCUT2D eigenvalue weighted by Crippen LogP contribution is -2.35. The normalized spacial score (nSPS) is 21.7. The van der Waals surface area contributed by atoms with Crippen LogP contribution in [0.1, 0.15) is 55.1 Å². The van der Waals surface area contributed by atoms with Crippen LogP contribution in [0.5, 0.6) is 0 Å². The van der Waals surface area contributed by atoms with Crippen molar-refractivity contribution >= 4 is 5.91 Å². The van der Waals surface area contributed by atoms with Crippen LogP contribution in [0.15, 0.2) is 18.3 Å². The van der Waals surface area contributed by atoms with Crippen molar-refractivity contribution in [3.8, 4) is 0 Å². The van der Waals surface area contributed by atoms with E-state index in [2.05, 4.69) is 21.0 Å². The average Bonchev–Trinajstić information content (AvgIpc) is 2.82. The van der Waals surface area contributed by atoms with Crippen LogP contribution in [0.25, 0.3) is 0 Å². The summed E-state index contributed by atoms with van der Waals surface area (Å²) in [4.78, 5) is 14.8. The van der Waals surface area contributed by atoms with E-state index in [0.29, 0.717) is 6.04 Å². The van der Waals surface area contributed by atoms with Gasteiger partial charge in [0.1, 0.15) is 5.69 Å². The van der Waals surface area contributed by atoms with Gasteiger partial charge in [-0.3, -0.25) is 4.79 Å². The maximum atomic E-state index is 12.8. The topological polar surface area (TPSA) is 37.3 Å². The first-order chi connectivity index (χ1) is 9.86. The Bertz CT molecular complexity index is 440. The highest BCUT2D eigenvalue weighted by atomic mass is 16.2. The van der Waals surface area contributed by atoms with Crippen molar-refractivity contribution in [2.75, 3.05) is 26.2 Å². The maximum Gasteiger partial charge on any atom is 0.270 e. The minimum atomic E-state index is 0.232. The molecule has 0 saturated carbocycles. The molecule has 4 nitrogen and oxygen atoms in total. The second-order valence-electron chi connectivity index (χ2n) is 5.99. The largest absolute Gasteiger partial charge is 0.340 e. The molecule has 2 aliphatic heterocycles. The van der Waals surface area contributed by atoms with Gasteiger partial charge in [-0.2, -0.15) is 0 Å². The first-order valence-corrected chi connectivity index (χ1v) is 8.03. The Kier molecular flexibility index (Phi) is 4.41. The lowest BCUT2D eigenvalue weighted by Gasteiger charge is -2.28. The third-order valence-electron chi connectivity index (χ3n) is 4.59. The average molecular weight is 275 g/mol. The van der Waals surface area contributed by atoms with Gasteiger partial charge in [-0.15, -0.1) is 0 Å². The zero-order chi connectivity index (χ0) is 13.8. The van der Waals surface area contributed by atoms with Crippen LogP contribution in [0, 0.1) is 0 Å². The molecule has 0 spiro atoms. The minimum Gasteiger partial charge on any atom is -0.340 e. The Morgan fingerprint density at radius 1 is 1.10 bits per heavy atom. The molecule has 4 heteroatoms. The number of carbonyl (C=O) groups excluding carboxylic acids is 1. The second kappa shape index (κ2) is 6.44. The van der Waals surface area contributed by atoms with Crippen LogP contribution in [0.2, 0.25) is 0 Å². The van der Waals surface area contributed by atoms with Gasteiger partial charge in [-0.1, -0.05) is 12.8 Å². The fraction of sp³-hybridized carbons (Fsp3) is 0.688. The smallest absolute Gasteiger partial charge is 0.270 e. The number of rotatable bonds is 2. The molecule has 20 heavy (non-hydrogen) atoms. The van der Waals surface area contributed by atoms with E-state index in [1.807, 2.05) is 12.1 Å². The highest BCUT2D eigenvalue weighted by molar-refractivity contribution is 5.92. The standard InChI is InChI=1S/C16H25N3O/c20-16(18-11-3-1-2-4-12-18)15-6-5-13-19(15)14-7-9-17-10-8-14/h5-6,13-14,17H,1-4,7-12H2. The molecule has 2 fully saturated rings. The Morgan fingerprint density at radius 3 is 2.50 bits per heavy atom. The molecule has 2 saturated heterocycles. The molecule has 2 aliphatic rings. The Morgan fingerprint density at radius 2 is 1.80 bits per heavy atom. The summed E-state index contributed by atoms with van der Waals surface area (Å²) in [5.74, 6) is 0.232. The predicted octanol–water partition coefficient (Wildman–Crippen LogP) is 2.43. The van der Waals surface area contributed by atoms with Gasteiger partial charge < -0.3 is 14.8 Å². The molecule has 1 aromatic heterocycles. The van der Waals surface area contributed by atoms with Gasteiger partial charge in [0.25, 0.3) is 5.91 Å². The fourth-order valence-corrected chi connectivity index (χ4v) is 3.41. The Labute approximate surface area is 121 Å². The van der Waals surface area contributed by atoms with Crippen molar-refractivity contribution in [1.82, 2.24) is 14.8 Å². The number of likely N-dealkylation sites (tertiary alicyclic amines) is 1. The highest BCUT2D eigenvalue weighted by Gasteiger charge is 2.23. The summed E-state index contributed by atoms with van der Waals surface area (Å²) in [5.41, 5.74) is 0.888. The van der Waals surface area contributed by atoms with Crippen molar-refractivity contribution in [2.24, 2.45) is 0 Å². The summed E-state index contributed by atoms with van der Waals surface area (Å²) in [6.45, 7) is 3.97. The zero-order valence-corrected chi connectivity index (χ0v) is 12.2. The summed E-state index contributed by atoms with van der Waals surface area (Å²) in [6.07, 6.45) is 9.16. The molecule has 110 valence electrons. The van der Waals surface area contributed by atoms with E-state index in [9.17, 15) is 4.79 Å². The second-order valence-corrected chi connectivity index (χ2v) is 5.99. The molecule has 0 radical (unpaired) electrons. The van der Waals surface area contributed by atoms with E-state index in [1.54, 1.807) is 0 Å². The number of hydrogen-bond acceptors (Lipinski definition) is 2. The van der Waals surface area contributed by atoms with E-state index >= 15 is 0 Å². The van der Waals surface area contributed by atoms with Crippen molar-refractivity contribution in [1.29, 1.82) is 0 Å². The van der Waals surface area contributed by atoms with Gasteiger partial charge in [-0.05, 0) is 50.9 Å². The van der Waals surface area contributed by atoms with Gasteiger partial charge in [-0.25, -0.2) is 0 Å². The molecule has 0 unspecified atom stereocenters. The monoisotopic (exact) mass is 275 g/mol. The number of piperidine rings is 1. The van der Waals surface area contributed by atoms with E-state index in [0.717, 1.165) is 57.6 Å². The summed E-state index contributed by atoms with van der Waals surface area (Å²) >= 11 is 0. The fourth-order valence-electron chi connectivity index (χ4n) is 3.41. The zero-order valence-electron chi connectivity index (χ0n) is 12.2. The summed E-state index contributed by atoms with van der Waals surface area (Å²) in [7, 11) is 0. The van der Waals surface area contributed by atoms with Crippen LogP contribution in [0.4, 0.5) is 0 Å². The first kappa shape index (κ1) is 13.7. The molecular formula is C16H25N3O. The third-order valence-corrected chi connectivity index (χ3v) is 4.59. The first-order valence-electron chi connectivity index (χ1n) is 8.03.